The van der Waals surface area contributed by atoms with Gasteiger partial charge in [0.1, 0.15) is 16.4 Å². The molecular formula is C8H9BrClN3O2S. The fourth-order valence-electron chi connectivity index (χ4n) is 0.798. The lowest BCUT2D eigenvalue weighted by Crippen LogP contribution is -2.10. The Hall–Kier alpha value is -0.660. The predicted molar refractivity (Wildman–Crippen MR) is 66.3 cm³/mol. The molecule has 0 N–H and O–H groups in total. The molecule has 0 saturated heterocycles. The zero-order valence-electron chi connectivity index (χ0n) is 8.55. The van der Waals surface area contributed by atoms with Crippen LogP contribution >= 0.6 is 27.5 Å². The van der Waals surface area contributed by atoms with Crippen LogP contribution in [0.25, 0.3) is 0 Å². The fourth-order valence-corrected chi connectivity index (χ4v) is 2.64. The van der Waals surface area contributed by atoms with Crippen molar-refractivity contribution >= 4 is 43.9 Å². The van der Waals surface area contributed by atoms with Gasteiger partial charge in [0.05, 0.1) is 0 Å². The van der Waals surface area contributed by atoms with Crippen LogP contribution in [0.3, 0.4) is 0 Å². The molecule has 16 heavy (non-hydrogen) atoms. The topological polar surface area (TPSA) is 62.6 Å². The van der Waals surface area contributed by atoms with E-state index in [0.29, 0.717) is 4.47 Å². The van der Waals surface area contributed by atoms with Crippen LogP contribution < -0.4 is 0 Å². The molecule has 1 aromatic rings. The van der Waals surface area contributed by atoms with Crippen molar-refractivity contribution in [2.24, 2.45) is 4.40 Å². The second-order valence-electron chi connectivity index (χ2n) is 3.10. The number of rotatable bonds is 3. The zero-order chi connectivity index (χ0) is 12.3. The minimum atomic E-state index is -3.81. The van der Waals surface area contributed by atoms with Crippen molar-refractivity contribution in [2.45, 2.75) is 4.90 Å². The minimum Gasteiger partial charge on any atom is -0.368 e. The number of aromatic nitrogens is 1. The third kappa shape index (κ3) is 3.43. The van der Waals surface area contributed by atoms with Crippen LogP contribution in [-0.4, -0.2) is 38.7 Å². The largest absolute Gasteiger partial charge is 0.368 e. The third-order valence-electron chi connectivity index (χ3n) is 1.47. The van der Waals surface area contributed by atoms with E-state index < -0.39 is 10.0 Å². The second-order valence-corrected chi connectivity index (χ2v) is 5.98. The molecular weight excluding hydrogens is 318 g/mol. The Morgan fingerprint density at radius 3 is 2.75 bits per heavy atom. The van der Waals surface area contributed by atoms with Crippen LogP contribution in [0.1, 0.15) is 0 Å². The molecule has 0 atom stereocenters. The average molecular weight is 327 g/mol. The van der Waals surface area contributed by atoms with E-state index >= 15 is 0 Å². The van der Waals surface area contributed by atoms with Crippen molar-refractivity contribution < 1.29 is 8.42 Å². The summed E-state index contributed by atoms with van der Waals surface area (Å²) in [5, 5.41) is -0.0980. The summed E-state index contributed by atoms with van der Waals surface area (Å²) in [4.78, 5) is 5.11. The van der Waals surface area contributed by atoms with Crippen molar-refractivity contribution in [2.75, 3.05) is 14.1 Å². The normalized spacial score (nSPS) is 12.0. The Labute approximate surface area is 107 Å². The first kappa shape index (κ1) is 13.4. The number of hydrogen-bond donors (Lipinski definition) is 0. The lowest BCUT2D eigenvalue weighted by Gasteiger charge is -2.04. The number of sulfonamides is 1. The summed E-state index contributed by atoms with van der Waals surface area (Å²) < 4.78 is 27.5. The highest BCUT2D eigenvalue weighted by molar-refractivity contribution is 9.10. The molecule has 0 radical (unpaired) electrons. The molecule has 1 aromatic heterocycles. The summed E-state index contributed by atoms with van der Waals surface area (Å²) in [6, 6.07) is 1.36. The molecule has 8 heteroatoms. The van der Waals surface area contributed by atoms with Gasteiger partial charge >= 0.3 is 0 Å². The minimum absolute atomic E-state index is 0.0980. The van der Waals surface area contributed by atoms with Crippen molar-refractivity contribution in [3.8, 4) is 0 Å². The summed E-state index contributed by atoms with van der Waals surface area (Å²) >= 11 is 8.82. The predicted octanol–water partition coefficient (Wildman–Crippen LogP) is 1.78. The highest BCUT2D eigenvalue weighted by Gasteiger charge is 2.17. The van der Waals surface area contributed by atoms with Crippen LogP contribution in [0.5, 0.6) is 0 Å². The maximum absolute atomic E-state index is 11.7. The SMILES string of the molecule is CN(C)C=NS(=O)(=O)c1cc(Br)cnc1Cl. The average Bonchev–Trinajstić information content (AvgIpc) is 2.19. The Morgan fingerprint density at radius 2 is 2.19 bits per heavy atom. The number of nitrogens with zero attached hydrogens (tertiary/aromatic N) is 3. The van der Waals surface area contributed by atoms with Gasteiger partial charge in [0.2, 0.25) is 0 Å². The molecule has 0 bridgehead atoms. The van der Waals surface area contributed by atoms with Crippen LogP contribution in [0.15, 0.2) is 26.0 Å². The lowest BCUT2D eigenvalue weighted by atomic mass is 10.5. The Kier molecular flexibility index (Phi) is 4.28. The van der Waals surface area contributed by atoms with Gasteiger partial charge in [0.25, 0.3) is 10.0 Å². The first-order chi connectivity index (χ1) is 7.33. The van der Waals surface area contributed by atoms with Gasteiger partial charge in [-0.25, -0.2) is 4.98 Å². The molecule has 0 saturated carbocycles. The summed E-state index contributed by atoms with van der Waals surface area (Å²) in [5.74, 6) is 0. The first-order valence-corrected chi connectivity index (χ1v) is 6.72. The van der Waals surface area contributed by atoms with E-state index in [9.17, 15) is 8.42 Å². The molecule has 5 nitrogen and oxygen atoms in total. The molecule has 0 amide bonds. The van der Waals surface area contributed by atoms with Crippen molar-refractivity contribution in [3.05, 3.63) is 21.9 Å². The van der Waals surface area contributed by atoms with E-state index in [1.165, 1.54) is 23.5 Å². The monoisotopic (exact) mass is 325 g/mol. The molecule has 1 heterocycles. The molecule has 0 aliphatic heterocycles. The Morgan fingerprint density at radius 1 is 1.56 bits per heavy atom. The van der Waals surface area contributed by atoms with Gasteiger partial charge in [0, 0.05) is 24.8 Å². The highest BCUT2D eigenvalue weighted by atomic mass is 79.9. The van der Waals surface area contributed by atoms with E-state index in [1.54, 1.807) is 14.1 Å². The van der Waals surface area contributed by atoms with Crippen molar-refractivity contribution in [1.29, 1.82) is 0 Å². The summed E-state index contributed by atoms with van der Waals surface area (Å²) in [5.41, 5.74) is 0. The quantitative estimate of drug-likeness (QED) is 0.482. The smallest absolute Gasteiger partial charge is 0.286 e. The zero-order valence-corrected chi connectivity index (χ0v) is 11.7. The van der Waals surface area contributed by atoms with Crippen molar-refractivity contribution in [3.63, 3.8) is 0 Å². The lowest BCUT2D eigenvalue weighted by molar-refractivity contribution is 0.594. The van der Waals surface area contributed by atoms with Crippen molar-refractivity contribution in [1.82, 2.24) is 9.88 Å². The molecule has 88 valence electrons. The van der Waals surface area contributed by atoms with Gasteiger partial charge in [-0.3, -0.25) is 0 Å². The van der Waals surface area contributed by atoms with E-state index in [1.807, 2.05) is 0 Å². The molecule has 0 aromatic carbocycles. The number of hydrogen-bond acceptors (Lipinski definition) is 3. The molecule has 0 unspecified atom stereocenters. The molecule has 0 aliphatic rings. The number of halogens is 2. The van der Waals surface area contributed by atoms with Gasteiger partial charge in [-0.2, -0.15) is 8.42 Å². The van der Waals surface area contributed by atoms with Crippen LogP contribution in [-0.2, 0) is 10.0 Å². The Balaban J connectivity index is 3.22. The van der Waals surface area contributed by atoms with E-state index in [2.05, 4.69) is 25.3 Å². The van der Waals surface area contributed by atoms with Gasteiger partial charge in [0.15, 0.2) is 0 Å². The molecule has 1 rings (SSSR count). The summed E-state index contributed by atoms with van der Waals surface area (Å²) in [7, 11) is -0.472. The molecule has 0 aliphatic carbocycles. The Bertz CT molecular complexity index is 516. The van der Waals surface area contributed by atoms with Crippen LogP contribution in [0.2, 0.25) is 5.15 Å². The van der Waals surface area contributed by atoms with E-state index in [0.717, 1.165) is 0 Å². The number of pyridine rings is 1. The van der Waals surface area contributed by atoms with Gasteiger partial charge in [-0.15, -0.1) is 4.40 Å². The van der Waals surface area contributed by atoms with Crippen LogP contribution in [0, 0.1) is 0 Å². The fraction of sp³-hybridized carbons (Fsp3) is 0.250. The summed E-state index contributed by atoms with van der Waals surface area (Å²) in [6.07, 6.45) is 2.60. The first-order valence-electron chi connectivity index (χ1n) is 4.11. The van der Waals surface area contributed by atoms with Gasteiger partial charge in [-0.05, 0) is 22.0 Å². The highest BCUT2D eigenvalue weighted by Crippen LogP contribution is 2.23. The second kappa shape index (κ2) is 5.11. The molecule has 0 fully saturated rings. The standard InChI is InChI=1S/C8H9BrClN3O2S/c1-13(2)5-12-16(14,15)7-3-6(9)4-11-8(7)10/h3-5H,1-2H3. The van der Waals surface area contributed by atoms with Gasteiger partial charge in [-0.1, -0.05) is 11.6 Å². The van der Waals surface area contributed by atoms with E-state index in [-0.39, 0.29) is 10.0 Å². The summed E-state index contributed by atoms with van der Waals surface area (Å²) in [6.45, 7) is 0. The van der Waals surface area contributed by atoms with Crippen LogP contribution in [0.4, 0.5) is 0 Å². The maximum Gasteiger partial charge on any atom is 0.286 e. The third-order valence-corrected chi connectivity index (χ3v) is 3.55. The van der Waals surface area contributed by atoms with E-state index in [4.69, 9.17) is 11.6 Å². The van der Waals surface area contributed by atoms with Gasteiger partial charge < -0.3 is 4.90 Å². The maximum atomic E-state index is 11.7. The molecule has 0 spiro atoms.